The maximum atomic E-state index is 13.1. The van der Waals surface area contributed by atoms with Crippen LogP contribution >= 0.6 is 0 Å². The highest BCUT2D eigenvalue weighted by atomic mass is 16.6. The summed E-state index contributed by atoms with van der Waals surface area (Å²) in [6.07, 6.45) is 1.85. The third kappa shape index (κ3) is 4.15. The Morgan fingerprint density at radius 2 is 1.69 bits per heavy atom. The molecule has 0 spiro atoms. The molecule has 5 rings (SSSR count). The summed E-state index contributed by atoms with van der Waals surface area (Å²) in [6.45, 7) is 7.55. The Bertz CT molecular complexity index is 1620. The number of benzene rings is 3. The molecule has 2 heterocycles. The zero-order chi connectivity index (χ0) is 25.6. The van der Waals surface area contributed by atoms with Crippen molar-refractivity contribution >= 4 is 33.7 Å². The van der Waals surface area contributed by atoms with Crippen LogP contribution in [0.25, 0.3) is 44.3 Å². The number of fused-ring (bicyclic) bond motifs is 3. The van der Waals surface area contributed by atoms with Crippen LogP contribution in [-0.4, -0.2) is 29.5 Å². The second-order valence-electron chi connectivity index (χ2n) is 9.90. The van der Waals surface area contributed by atoms with Crippen molar-refractivity contribution < 1.29 is 18.7 Å². The molecule has 0 atom stereocenters. The molecule has 0 fully saturated rings. The number of amides is 1. The lowest BCUT2D eigenvalue weighted by molar-refractivity contribution is 0.00694. The second kappa shape index (κ2) is 8.72. The minimum absolute atomic E-state index is 0.229. The summed E-state index contributed by atoms with van der Waals surface area (Å²) >= 11 is 0. The summed E-state index contributed by atoms with van der Waals surface area (Å²) in [5, 5.41) is 4.32. The second-order valence-corrected chi connectivity index (χ2v) is 9.90. The van der Waals surface area contributed by atoms with E-state index in [2.05, 4.69) is 10.3 Å². The molecule has 0 radical (unpaired) electrons. The van der Waals surface area contributed by atoms with Gasteiger partial charge in [-0.1, -0.05) is 42.0 Å². The number of furan rings is 1. The highest BCUT2D eigenvalue weighted by Crippen LogP contribution is 2.41. The van der Waals surface area contributed by atoms with Gasteiger partial charge in [0.15, 0.2) is 0 Å². The van der Waals surface area contributed by atoms with E-state index in [4.69, 9.17) is 9.15 Å². The molecular weight excluding hydrogens is 452 g/mol. The lowest BCUT2D eigenvalue weighted by Crippen LogP contribution is -2.23. The first-order valence-electron chi connectivity index (χ1n) is 11.9. The Morgan fingerprint density at radius 3 is 2.39 bits per heavy atom. The first-order chi connectivity index (χ1) is 17.2. The van der Waals surface area contributed by atoms with Gasteiger partial charge in [0.25, 0.3) is 5.91 Å². The van der Waals surface area contributed by atoms with Gasteiger partial charge in [0, 0.05) is 35.1 Å². The van der Waals surface area contributed by atoms with E-state index in [1.807, 2.05) is 88.5 Å². The topological polar surface area (TPSA) is 84.3 Å². The van der Waals surface area contributed by atoms with Gasteiger partial charge in [0.05, 0.1) is 16.6 Å². The average Bonchev–Trinajstić information content (AvgIpc) is 3.47. The van der Waals surface area contributed by atoms with Crippen LogP contribution in [0.2, 0.25) is 0 Å². The summed E-state index contributed by atoms with van der Waals surface area (Å²) in [5.74, 6) is -0.0941. The van der Waals surface area contributed by atoms with Crippen LogP contribution < -0.4 is 5.32 Å². The average molecular weight is 481 g/mol. The molecule has 0 aliphatic carbocycles. The molecule has 0 saturated carbocycles. The highest BCUT2D eigenvalue weighted by Gasteiger charge is 2.25. The number of hydrogen-bond acceptors (Lipinski definition) is 4. The number of rotatable bonds is 4. The van der Waals surface area contributed by atoms with Gasteiger partial charge in [-0.2, -0.15) is 0 Å². The van der Waals surface area contributed by atoms with E-state index in [1.54, 1.807) is 13.1 Å². The van der Waals surface area contributed by atoms with Crippen molar-refractivity contribution in [3.63, 3.8) is 0 Å². The van der Waals surface area contributed by atoms with E-state index in [0.29, 0.717) is 27.9 Å². The smallest absolute Gasteiger partial charge is 0.338 e. The van der Waals surface area contributed by atoms with E-state index in [1.165, 1.54) is 0 Å². The van der Waals surface area contributed by atoms with Crippen molar-refractivity contribution in [1.82, 2.24) is 10.3 Å². The third-order valence-corrected chi connectivity index (χ3v) is 6.07. The van der Waals surface area contributed by atoms with Crippen molar-refractivity contribution in [3.05, 3.63) is 83.6 Å². The molecule has 3 aromatic carbocycles. The van der Waals surface area contributed by atoms with Crippen LogP contribution in [0.3, 0.4) is 0 Å². The standard InChI is InChI=1S/C30H28N2O4/c1-17-9-11-18(12-10-17)26-24(28(33)31-5)23-16-22(25-21(13-14-32-25)27(23)35-26)19-7-6-8-20(15-19)29(34)36-30(2,3)4/h6-16,32H,1-5H3,(H,31,33). The number of H-pyrrole nitrogens is 1. The molecule has 5 aromatic rings. The maximum absolute atomic E-state index is 13.1. The van der Waals surface area contributed by atoms with Gasteiger partial charge < -0.3 is 19.5 Å². The van der Waals surface area contributed by atoms with Crippen molar-refractivity contribution in [2.75, 3.05) is 7.05 Å². The number of carbonyl (C=O) groups excluding carboxylic acids is 2. The minimum Gasteiger partial charge on any atom is -0.456 e. The Morgan fingerprint density at radius 1 is 0.944 bits per heavy atom. The lowest BCUT2D eigenvalue weighted by atomic mass is 9.96. The maximum Gasteiger partial charge on any atom is 0.338 e. The van der Waals surface area contributed by atoms with E-state index in [9.17, 15) is 9.59 Å². The molecule has 6 nitrogen and oxygen atoms in total. The summed E-state index contributed by atoms with van der Waals surface area (Å²) in [4.78, 5) is 29.2. The Balaban J connectivity index is 1.75. The molecule has 0 saturated heterocycles. The number of aryl methyl sites for hydroxylation is 1. The van der Waals surface area contributed by atoms with Gasteiger partial charge in [-0.25, -0.2) is 4.79 Å². The molecular formula is C30H28N2O4. The molecule has 0 unspecified atom stereocenters. The molecule has 2 aromatic heterocycles. The number of aromatic amines is 1. The number of aromatic nitrogens is 1. The number of carbonyl (C=O) groups is 2. The fourth-order valence-corrected chi connectivity index (χ4v) is 4.42. The van der Waals surface area contributed by atoms with Crippen LogP contribution in [0, 0.1) is 6.92 Å². The van der Waals surface area contributed by atoms with Crippen molar-refractivity contribution in [1.29, 1.82) is 0 Å². The van der Waals surface area contributed by atoms with Crippen LogP contribution in [0.4, 0.5) is 0 Å². The molecule has 2 N–H and O–H groups in total. The van der Waals surface area contributed by atoms with Crippen LogP contribution in [0.1, 0.15) is 47.1 Å². The highest BCUT2D eigenvalue weighted by molar-refractivity contribution is 6.19. The SMILES string of the molecule is CNC(=O)c1c(-c2ccc(C)cc2)oc2c1cc(-c1cccc(C(=O)OC(C)(C)C)c1)c1[nH]ccc12. The molecule has 0 aliphatic rings. The predicted molar refractivity (Wildman–Crippen MR) is 142 cm³/mol. The minimum atomic E-state index is -0.593. The van der Waals surface area contributed by atoms with Crippen molar-refractivity contribution in [3.8, 4) is 22.5 Å². The molecule has 0 aliphatic heterocycles. The summed E-state index contributed by atoms with van der Waals surface area (Å²) < 4.78 is 11.9. The molecule has 1 amide bonds. The zero-order valence-electron chi connectivity index (χ0n) is 21.0. The van der Waals surface area contributed by atoms with Gasteiger partial charge in [0.2, 0.25) is 0 Å². The molecule has 6 heteroatoms. The summed E-state index contributed by atoms with van der Waals surface area (Å²) in [7, 11) is 1.61. The van der Waals surface area contributed by atoms with E-state index >= 15 is 0 Å². The van der Waals surface area contributed by atoms with Crippen molar-refractivity contribution in [2.45, 2.75) is 33.3 Å². The number of hydrogen-bond donors (Lipinski definition) is 2. The van der Waals surface area contributed by atoms with Gasteiger partial charge in [-0.3, -0.25) is 4.79 Å². The number of esters is 1. The van der Waals surface area contributed by atoms with Gasteiger partial charge in [-0.15, -0.1) is 0 Å². The van der Waals surface area contributed by atoms with Crippen LogP contribution in [0.5, 0.6) is 0 Å². The van der Waals surface area contributed by atoms with Gasteiger partial charge in [-0.05, 0) is 57.5 Å². The lowest BCUT2D eigenvalue weighted by Gasteiger charge is -2.19. The van der Waals surface area contributed by atoms with E-state index < -0.39 is 5.60 Å². The van der Waals surface area contributed by atoms with Gasteiger partial charge >= 0.3 is 5.97 Å². The molecule has 182 valence electrons. The number of ether oxygens (including phenoxy) is 1. The first-order valence-corrected chi connectivity index (χ1v) is 11.9. The van der Waals surface area contributed by atoms with Crippen LogP contribution in [0.15, 0.2) is 71.3 Å². The Kier molecular flexibility index (Phi) is 5.67. The quantitative estimate of drug-likeness (QED) is 0.275. The Labute approximate surface area is 209 Å². The molecule has 0 bridgehead atoms. The fraction of sp³-hybridized carbons (Fsp3) is 0.200. The van der Waals surface area contributed by atoms with Crippen molar-refractivity contribution in [2.24, 2.45) is 0 Å². The third-order valence-electron chi connectivity index (χ3n) is 6.07. The number of nitrogens with one attached hydrogen (secondary N) is 2. The normalized spacial score (nSPS) is 11.7. The fourth-order valence-electron chi connectivity index (χ4n) is 4.42. The van der Waals surface area contributed by atoms with E-state index in [0.717, 1.165) is 33.2 Å². The molecule has 36 heavy (non-hydrogen) atoms. The first kappa shape index (κ1) is 23.4. The monoisotopic (exact) mass is 480 g/mol. The zero-order valence-corrected chi connectivity index (χ0v) is 21.0. The predicted octanol–water partition coefficient (Wildman–Crippen LogP) is 6.87. The summed E-state index contributed by atoms with van der Waals surface area (Å²) in [5.41, 5.74) is 5.46. The van der Waals surface area contributed by atoms with Crippen LogP contribution in [-0.2, 0) is 4.74 Å². The van der Waals surface area contributed by atoms with Gasteiger partial charge in [0.1, 0.15) is 16.9 Å². The summed E-state index contributed by atoms with van der Waals surface area (Å²) in [6, 6.07) is 19.1. The Hall–Kier alpha value is -4.32. The van der Waals surface area contributed by atoms with E-state index in [-0.39, 0.29) is 11.9 Å². The largest absolute Gasteiger partial charge is 0.456 e.